The van der Waals surface area contributed by atoms with Crippen LogP contribution in [0.3, 0.4) is 0 Å². The first kappa shape index (κ1) is 16.9. The van der Waals surface area contributed by atoms with E-state index in [4.69, 9.17) is 23.2 Å². The number of alkyl halides is 3. The van der Waals surface area contributed by atoms with Crippen LogP contribution in [-0.4, -0.2) is 8.42 Å². The minimum Gasteiger partial charge on any atom is -0.278 e. The first-order valence-corrected chi connectivity index (χ1v) is 7.98. The van der Waals surface area contributed by atoms with Crippen molar-refractivity contribution in [3.63, 3.8) is 0 Å². The average Bonchev–Trinajstić information content (AvgIpc) is 2.40. The summed E-state index contributed by atoms with van der Waals surface area (Å²) >= 11 is 11.4. The first-order chi connectivity index (χ1) is 10.1. The van der Waals surface area contributed by atoms with Crippen molar-refractivity contribution in [2.24, 2.45) is 0 Å². The van der Waals surface area contributed by atoms with Gasteiger partial charge in [0, 0.05) is 5.02 Å². The van der Waals surface area contributed by atoms with E-state index in [1.165, 1.54) is 24.3 Å². The third-order valence-electron chi connectivity index (χ3n) is 2.66. The molecule has 0 aliphatic rings. The molecular formula is C13H8Cl2F3NO2S. The molecule has 2 rings (SSSR count). The molecule has 0 heterocycles. The topological polar surface area (TPSA) is 46.2 Å². The van der Waals surface area contributed by atoms with Crippen LogP contribution < -0.4 is 4.72 Å². The van der Waals surface area contributed by atoms with E-state index in [-0.39, 0.29) is 15.6 Å². The van der Waals surface area contributed by atoms with E-state index in [0.29, 0.717) is 11.1 Å². The van der Waals surface area contributed by atoms with Gasteiger partial charge in [-0.05, 0) is 42.5 Å². The van der Waals surface area contributed by atoms with Gasteiger partial charge in [0.1, 0.15) is 0 Å². The van der Waals surface area contributed by atoms with E-state index in [1.807, 2.05) is 0 Å². The molecule has 0 saturated carbocycles. The summed E-state index contributed by atoms with van der Waals surface area (Å²) in [6.45, 7) is 0. The van der Waals surface area contributed by atoms with Gasteiger partial charge in [0.05, 0.1) is 21.2 Å². The van der Waals surface area contributed by atoms with E-state index in [1.54, 1.807) is 0 Å². The molecule has 0 amide bonds. The molecule has 2 aromatic carbocycles. The Bertz CT molecular complexity index is 790. The zero-order chi connectivity index (χ0) is 16.5. The van der Waals surface area contributed by atoms with Crippen LogP contribution in [0.25, 0.3) is 0 Å². The van der Waals surface area contributed by atoms with Crippen molar-refractivity contribution in [1.29, 1.82) is 0 Å². The van der Waals surface area contributed by atoms with E-state index < -0.39 is 21.8 Å². The fourth-order valence-electron chi connectivity index (χ4n) is 1.59. The van der Waals surface area contributed by atoms with E-state index in [2.05, 4.69) is 4.72 Å². The second-order valence-corrected chi connectivity index (χ2v) is 6.78. The molecule has 3 nitrogen and oxygen atoms in total. The highest BCUT2D eigenvalue weighted by molar-refractivity contribution is 7.92. The molecule has 0 atom stereocenters. The van der Waals surface area contributed by atoms with Crippen molar-refractivity contribution in [3.8, 4) is 0 Å². The Kier molecular flexibility index (Phi) is 4.60. The molecule has 0 saturated heterocycles. The number of hydrogen-bond donors (Lipinski definition) is 1. The van der Waals surface area contributed by atoms with Crippen molar-refractivity contribution in [3.05, 3.63) is 58.1 Å². The van der Waals surface area contributed by atoms with Crippen LogP contribution in [0.1, 0.15) is 5.56 Å². The summed E-state index contributed by atoms with van der Waals surface area (Å²) in [5.74, 6) is 0. The Morgan fingerprint density at radius 3 is 2.05 bits per heavy atom. The molecule has 0 aliphatic carbocycles. The van der Waals surface area contributed by atoms with Gasteiger partial charge in [-0.15, -0.1) is 0 Å². The van der Waals surface area contributed by atoms with Crippen LogP contribution in [-0.2, 0) is 16.2 Å². The molecule has 0 aromatic heterocycles. The van der Waals surface area contributed by atoms with E-state index >= 15 is 0 Å². The maximum atomic E-state index is 12.5. The van der Waals surface area contributed by atoms with Crippen LogP contribution in [0.15, 0.2) is 47.4 Å². The van der Waals surface area contributed by atoms with E-state index in [9.17, 15) is 21.6 Å². The van der Waals surface area contributed by atoms with Crippen LogP contribution in [0.2, 0.25) is 10.0 Å². The summed E-state index contributed by atoms with van der Waals surface area (Å²) in [5, 5.41) is -0.00104. The minimum atomic E-state index is -4.56. The summed E-state index contributed by atoms with van der Waals surface area (Å²) in [5.41, 5.74) is -1.11. The van der Waals surface area contributed by atoms with Crippen molar-refractivity contribution in [2.75, 3.05) is 4.72 Å². The quantitative estimate of drug-likeness (QED) is 0.843. The van der Waals surface area contributed by atoms with Gasteiger partial charge in [0.15, 0.2) is 0 Å². The summed E-state index contributed by atoms with van der Waals surface area (Å²) in [7, 11) is -3.98. The lowest BCUT2D eigenvalue weighted by molar-refractivity contribution is -0.137. The fraction of sp³-hybridized carbons (Fsp3) is 0.0769. The molecule has 1 N–H and O–H groups in total. The smallest absolute Gasteiger partial charge is 0.278 e. The van der Waals surface area contributed by atoms with Crippen molar-refractivity contribution in [2.45, 2.75) is 11.1 Å². The van der Waals surface area contributed by atoms with Gasteiger partial charge in [0.2, 0.25) is 0 Å². The highest BCUT2D eigenvalue weighted by atomic mass is 35.5. The minimum absolute atomic E-state index is 0.0899. The second-order valence-electron chi connectivity index (χ2n) is 4.25. The van der Waals surface area contributed by atoms with Crippen molar-refractivity contribution < 1.29 is 21.6 Å². The molecule has 9 heteroatoms. The number of nitrogens with one attached hydrogen (secondary N) is 1. The maximum absolute atomic E-state index is 12.5. The SMILES string of the molecule is O=S(=O)(Nc1ccc(C(F)(F)F)cc1Cl)c1ccc(Cl)cc1. The predicted octanol–water partition coefficient (Wildman–Crippen LogP) is 4.81. The lowest BCUT2D eigenvalue weighted by Gasteiger charge is -2.12. The van der Waals surface area contributed by atoms with Crippen LogP contribution in [0.4, 0.5) is 18.9 Å². The predicted molar refractivity (Wildman–Crippen MR) is 78.7 cm³/mol. The second kappa shape index (κ2) is 5.98. The first-order valence-electron chi connectivity index (χ1n) is 5.75. The van der Waals surface area contributed by atoms with Crippen molar-refractivity contribution in [1.82, 2.24) is 0 Å². The Balaban J connectivity index is 2.32. The van der Waals surface area contributed by atoms with E-state index in [0.717, 1.165) is 12.1 Å². The summed E-state index contributed by atoms with van der Waals surface area (Å²) < 4.78 is 63.9. The molecule has 0 spiro atoms. The normalized spacial score (nSPS) is 12.2. The largest absolute Gasteiger partial charge is 0.416 e. The van der Waals surface area contributed by atoms with Crippen molar-refractivity contribution >= 4 is 38.9 Å². The maximum Gasteiger partial charge on any atom is 0.416 e. The number of anilines is 1. The molecule has 0 bridgehead atoms. The highest BCUT2D eigenvalue weighted by Gasteiger charge is 2.31. The average molecular weight is 370 g/mol. The molecule has 118 valence electrons. The monoisotopic (exact) mass is 369 g/mol. The van der Waals surface area contributed by atoms with Gasteiger partial charge < -0.3 is 0 Å². The number of halogens is 5. The number of hydrogen-bond acceptors (Lipinski definition) is 2. The lowest BCUT2D eigenvalue weighted by atomic mass is 10.2. The number of benzene rings is 2. The van der Waals surface area contributed by atoms with Gasteiger partial charge in [-0.25, -0.2) is 8.42 Å². The van der Waals surface area contributed by atoms with Crippen LogP contribution in [0.5, 0.6) is 0 Å². The Hall–Kier alpha value is -1.44. The third kappa shape index (κ3) is 3.85. The standard InChI is InChI=1S/C13H8Cl2F3NO2S/c14-9-2-4-10(5-3-9)22(20,21)19-12-6-1-8(7-11(12)15)13(16,17)18/h1-7,19H. The highest BCUT2D eigenvalue weighted by Crippen LogP contribution is 2.34. The lowest BCUT2D eigenvalue weighted by Crippen LogP contribution is -2.13. The third-order valence-corrected chi connectivity index (χ3v) is 4.61. The Labute approximate surface area is 134 Å². The van der Waals surface area contributed by atoms with Gasteiger partial charge >= 0.3 is 6.18 Å². The summed E-state index contributed by atoms with van der Waals surface area (Å²) in [6, 6.07) is 7.64. The molecule has 0 unspecified atom stereocenters. The van der Waals surface area contributed by atoms with Crippen LogP contribution >= 0.6 is 23.2 Å². The van der Waals surface area contributed by atoms with Gasteiger partial charge in [0.25, 0.3) is 10.0 Å². The molecule has 0 aliphatic heterocycles. The zero-order valence-corrected chi connectivity index (χ0v) is 13.0. The molecule has 22 heavy (non-hydrogen) atoms. The van der Waals surface area contributed by atoms with Gasteiger partial charge in [-0.2, -0.15) is 13.2 Å². The fourth-order valence-corrected chi connectivity index (χ4v) is 3.08. The summed E-state index contributed by atoms with van der Waals surface area (Å²) in [6.07, 6.45) is -4.56. The zero-order valence-electron chi connectivity index (χ0n) is 10.7. The van der Waals surface area contributed by atoms with Gasteiger partial charge in [-0.1, -0.05) is 23.2 Å². The Morgan fingerprint density at radius 1 is 0.955 bits per heavy atom. The Morgan fingerprint density at radius 2 is 1.55 bits per heavy atom. The number of rotatable bonds is 3. The van der Waals surface area contributed by atoms with Crippen LogP contribution in [0, 0.1) is 0 Å². The molecule has 0 radical (unpaired) electrons. The molecule has 2 aromatic rings. The summed E-state index contributed by atoms with van der Waals surface area (Å²) in [4.78, 5) is -0.0899. The molecule has 0 fully saturated rings. The molecular weight excluding hydrogens is 362 g/mol. The number of sulfonamides is 1. The van der Waals surface area contributed by atoms with Gasteiger partial charge in [-0.3, -0.25) is 4.72 Å².